The quantitative estimate of drug-likeness (QED) is 0.895. The Hall–Kier alpha value is -1.85. The first-order valence-corrected chi connectivity index (χ1v) is 9.52. The second-order valence-electron chi connectivity index (χ2n) is 8.24. The van der Waals surface area contributed by atoms with Crippen molar-refractivity contribution in [1.82, 2.24) is 20.0 Å². The molecule has 6 heteroatoms. The predicted molar refractivity (Wildman–Crippen MR) is 94.2 cm³/mol. The third-order valence-electron chi connectivity index (χ3n) is 6.96. The van der Waals surface area contributed by atoms with Crippen LogP contribution in [0.25, 0.3) is 0 Å². The van der Waals surface area contributed by atoms with Gasteiger partial charge >= 0.3 is 0 Å². The molecular weight excluding hydrogens is 316 g/mol. The number of hydrogen-bond donors (Lipinski definition) is 1. The molecule has 1 aromatic rings. The molecule has 1 aliphatic carbocycles. The third kappa shape index (κ3) is 2.19. The zero-order chi connectivity index (χ0) is 17.9. The molecule has 3 heterocycles. The van der Waals surface area contributed by atoms with Gasteiger partial charge in [-0.05, 0) is 39.0 Å². The minimum absolute atomic E-state index is 0.0142. The summed E-state index contributed by atoms with van der Waals surface area (Å²) in [6.45, 7) is 8.63. The van der Waals surface area contributed by atoms with Crippen LogP contribution in [0.4, 0.5) is 0 Å². The minimum atomic E-state index is 0.0142. The standard InChI is InChI=1S/C19H28N4O2/c1-5-14-11(2)17(21-20-14)18(25)22-10-13-9-19(4)15(22)7-6-8-16(19)23(13)12(3)24/h13,15-16H,5-10H2,1-4H3,(H,20,21)/t13-,15+,16-,19+/m0/s1. The molecule has 2 aliphatic heterocycles. The maximum absolute atomic E-state index is 13.3. The highest BCUT2D eigenvalue weighted by Gasteiger charge is 2.61. The smallest absolute Gasteiger partial charge is 0.274 e. The summed E-state index contributed by atoms with van der Waals surface area (Å²) in [5, 5.41) is 7.33. The van der Waals surface area contributed by atoms with Crippen LogP contribution in [0.3, 0.4) is 0 Å². The van der Waals surface area contributed by atoms with Crippen LogP contribution in [0.5, 0.6) is 0 Å². The van der Waals surface area contributed by atoms with Crippen molar-refractivity contribution in [2.24, 2.45) is 5.41 Å². The fourth-order valence-corrected chi connectivity index (χ4v) is 5.82. The maximum atomic E-state index is 13.3. The molecule has 2 amide bonds. The van der Waals surface area contributed by atoms with Crippen LogP contribution in [0, 0.1) is 12.3 Å². The van der Waals surface area contributed by atoms with Crippen molar-refractivity contribution in [3.63, 3.8) is 0 Å². The molecule has 2 bridgehead atoms. The molecule has 0 unspecified atom stereocenters. The molecule has 2 saturated heterocycles. The summed E-state index contributed by atoms with van der Waals surface area (Å²) < 4.78 is 0. The van der Waals surface area contributed by atoms with Gasteiger partial charge in [0.05, 0.1) is 6.04 Å². The molecule has 3 fully saturated rings. The molecule has 6 nitrogen and oxygen atoms in total. The predicted octanol–water partition coefficient (Wildman–Crippen LogP) is 2.28. The number of H-pyrrole nitrogens is 1. The van der Waals surface area contributed by atoms with Gasteiger partial charge in [-0.3, -0.25) is 14.7 Å². The zero-order valence-electron chi connectivity index (χ0n) is 15.6. The average molecular weight is 344 g/mol. The Labute approximate surface area is 148 Å². The molecule has 4 atom stereocenters. The first kappa shape index (κ1) is 16.6. The first-order chi connectivity index (χ1) is 11.9. The average Bonchev–Trinajstić information content (AvgIpc) is 3.08. The van der Waals surface area contributed by atoms with E-state index in [0.717, 1.165) is 43.4 Å². The highest BCUT2D eigenvalue weighted by Crippen LogP contribution is 2.54. The van der Waals surface area contributed by atoms with Gasteiger partial charge in [-0.1, -0.05) is 13.8 Å². The number of fused-ring (bicyclic) bond motifs is 1. The SMILES string of the molecule is CCc1[nH]nc(C(=O)N2C[C@@H]3C[C@@]4(C)[C@H](CCC[C@@H]24)N3C(C)=O)c1C. The van der Waals surface area contributed by atoms with E-state index in [1.54, 1.807) is 6.92 Å². The molecule has 0 radical (unpaired) electrons. The van der Waals surface area contributed by atoms with Crippen LogP contribution in [0.1, 0.15) is 68.2 Å². The van der Waals surface area contributed by atoms with Crippen molar-refractivity contribution in [3.8, 4) is 0 Å². The Kier molecular flexibility index (Phi) is 3.71. The normalized spacial score (nSPS) is 33.7. The second kappa shape index (κ2) is 5.58. The van der Waals surface area contributed by atoms with Crippen LogP contribution in [-0.4, -0.2) is 56.5 Å². The van der Waals surface area contributed by atoms with E-state index in [-0.39, 0.29) is 35.4 Å². The zero-order valence-corrected chi connectivity index (χ0v) is 15.6. The number of amides is 2. The molecule has 0 spiro atoms. The Balaban J connectivity index is 1.71. The lowest BCUT2D eigenvalue weighted by Crippen LogP contribution is -2.57. The fourth-order valence-electron chi connectivity index (χ4n) is 5.82. The lowest BCUT2D eigenvalue weighted by atomic mass is 9.65. The lowest BCUT2D eigenvalue weighted by molar-refractivity contribution is -0.132. The second-order valence-corrected chi connectivity index (χ2v) is 8.24. The van der Waals surface area contributed by atoms with E-state index >= 15 is 0 Å². The Morgan fingerprint density at radius 2 is 2.04 bits per heavy atom. The Morgan fingerprint density at radius 3 is 2.68 bits per heavy atom. The van der Waals surface area contributed by atoms with Gasteiger partial charge in [0.15, 0.2) is 5.69 Å². The minimum Gasteiger partial charge on any atom is -0.335 e. The topological polar surface area (TPSA) is 69.3 Å². The molecule has 1 saturated carbocycles. The van der Waals surface area contributed by atoms with Crippen molar-refractivity contribution in [3.05, 3.63) is 17.0 Å². The molecule has 0 aromatic carbocycles. The van der Waals surface area contributed by atoms with Crippen molar-refractivity contribution < 1.29 is 9.59 Å². The number of nitrogens with one attached hydrogen (secondary N) is 1. The number of aryl methyl sites for hydroxylation is 1. The summed E-state index contributed by atoms with van der Waals surface area (Å²) in [4.78, 5) is 29.7. The van der Waals surface area contributed by atoms with E-state index < -0.39 is 0 Å². The number of rotatable bonds is 2. The lowest BCUT2D eigenvalue weighted by Gasteiger charge is -2.49. The van der Waals surface area contributed by atoms with E-state index in [1.807, 2.05) is 11.8 Å². The van der Waals surface area contributed by atoms with Gasteiger partial charge < -0.3 is 9.80 Å². The Morgan fingerprint density at radius 1 is 1.32 bits per heavy atom. The highest BCUT2D eigenvalue weighted by atomic mass is 16.2. The molecule has 1 N–H and O–H groups in total. The number of carbonyl (C=O) groups excluding carboxylic acids is 2. The largest absolute Gasteiger partial charge is 0.335 e. The number of aromatic nitrogens is 2. The van der Waals surface area contributed by atoms with Gasteiger partial charge in [0.25, 0.3) is 5.91 Å². The molecule has 136 valence electrons. The Bertz CT molecular complexity index is 727. The van der Waals surface area contributed by atoms with Gasteiger partial charge in [-0.25, -0.2) is 0 Å². The van der Waals surface area contributed by atoms with Crippen LogP contribution in [-0.2, 0) is 11.2 Å². The summed E-state index contributed by atoms with van der Waals surface area (Å²) in [6, 6.07) is 0.634. The van der Waals surface area contributed by atoms with Gasteiger partial charge in [0.1, 0.15) is 0 Å². The van der Waals surface area contributed by atoms with Gasteiger partial charge in [0, 0.05) is 42.2 Å². The van der Waals surface area contributed by atoms with Gasteiger partial charge in [-0.2, -0.15) is 5.10 Å². The monoisotopic (exact) mass is 344 g/mol. The van der Waals surface area contributed by atoms with E-state index in [1.165, 1.54) is 0 Å². The molecule has 25 heavy (non-hydrogen) atoms. The molecular formula is C19H28N4O2. The van der Waals surface area contributed by atoms with Crippen LogP contribution >= 0.6 is 0 Å². The van der Waals surface area contributed by atoms with Crippen LogP contribution < -0.4 is 0 Å². The summed E-state index contributed by atoms with van der Waals surface area (Å²) >= 11 is 0. The molecule has 3 aliphatic rings. The number of nitrogens with zero attached hydrogens (tertiary/aromatic N) is 3. The van der Waals surface area contributed by atoms with Crippen molar-refractivity contribution >= 4 is 11.8 Å². The summed E-state index contributed by atoms with van der Waals surface area (Å²) in [5.41, 5.74) is 2.56. The third-order valence-corrected chi connectivity index (χ3v) is 6.96. The van der Waals surface area contributed by atoms with E-state index in [4.69, 9.17) is 0 Å². The first-order valence-electron chi connectivity index (χ1n) is 9.52. The van der Waals surface area contributed by atoms with Gasteiger partial charge in [-0.15, -0.1) is 0 Å². The summed E-state index contributed by atoms with van der Waals surface area (Å²) in [7, 11) is 0. The van der Waals surface area contributed by atoms with E-state index in [9.17, 15) is 9.59 Å². The maximum Gasteiger partial charge on any atom is 0.274 e. The van der Waals surface area contributed by atoms with Crippen molar-refractivity contribution in [1.29, 1.82) is 0 Å². The molecule has 1 aromatic heterocycles. The fraction of sp³-hybridized carbons (Fsp3) is 0.737. The van der Waals surface area contributed by atoms with Crippen LogP contribution in [0.15, 0.2) is 0 Å². The number of carbonyl (C=O) groups is 2. The highest BCUT2D eigenvalue weighted by molar-refractivity contribution is 5.94. The van der Waals surface area contributed by atoms with E-state index in [2.05, 4.69) is 28.9 Å². The molecule has 4 rings (SSSR count). The van der Waals surface area contributed by atoms with Crippen LogP contribution in [0.2, 0.25) is 0 Å². The number of piperidine rings is 1. The number of aromatic amines is 1. The number of likely N-dealkylation sites (tertiary alicyclic amines) is 2. The van der Waals surface area contributed by atoms with Crippen molar-refractivity contribution in [2.75, 3.05) is 6.54 Å². The van der Waals surface area contributed by atoms with Crippen molar-refractivity contribution in [2.45, 2.75) is 77.9 Å². The summed E-state index contributed by atoms with van der Waals surface area (Å²) in [6.07, 6.45) is 5.03. The summed E-state index contributed by atoms with van der Waals surface area (Å²) in [5.74, 6) is 0.179. The van der Waals surface area contributed by atoms with Gasteiger partial charge in [0.2, 0.25) is 5.91 Å². The number of hydrogen-bond acceptors (Lipinski definition) is 3. The van der Waals surface area contributed by atoms with E-state index in [0.29, 0.717) is 12.2 Å².